The fourth-order valence-electron chi connectivity index (χ4n) is 1.09. The van der Waals surface area contributed by atoms with Gasteiger partial charge < -0.3 is 5.32 Å². The first kappa shape index (κ1) is 13.0. The highest BCUT2D eigenvalue weighted by atomic mass is 32.2. The lowest BCUT2D eigenvalue weighted by atomic mass is 10.4. The minimum absolute atomic E-state index is 0.0388. The lowest BCUT2D eigenvalue weighted by Crippen LogP contribution is -2.31. The maximum Gasteiger partial charge on any atom is 0.233 e. The van der Waals surface area contributed by atoms with E-state index in [9.17, 15) is 4.79 Å². The van der Waals surface area contributed by atoms with Crippen LogP contribution in [0.5, 0.6) is 0 Å². The molecule has 1 rings (SSSR count). The number of carbonyl (C=O) groups is 1. The molecule has 0 saturated carbocycles. The molecule has 4 nitrogen and oxygen atoms in total. The monoisotopic (exact) mass is 239 g/mol. The molecule has 1 aromatic rings. The molecule has 0 spiro atoms. The molecule has 0 fully saturated rings. The summed E-state index contributed by atoms with van der Waals surface area (Å²) in [6.45, 7) is 6.52. The Morgan fingerprint density at radius 2 is 2.38 bits per heavy atom. The predicted octanol–water partition coefficient (Wildman–Crippen LogP) is 1.79. The van der Waals surface area contributed by atoms with Crippen LogP contribution < -0.4 is 5.32 Å². The van der Waals surface area contributed by atoms with E-state index in [1.54, 1.807) is 6.20 Å². The molecule has 16 heavy (non-hydrogen) atoms. The van der Waals surface area contributed by atoms with Crippen molar-refractivity contribution >= 4 is 17.7 Å². The van der Waals surface area contributed by atoms with Crippen LogP contribution in [-0.2, 0) is 4.79 Å². The van der Waals surface area contributed by atoms with E-state index < -0.39 is 0 Å². The maximum absolute atomic E-state index is 11.6. The van der Waals surface area contributed by atoms with E-state index in [2.05, 4.69) is 15.3 Å². The van der Waals surface area contributed by atoms with Gasteiger partial charge in [-0.2, -0.15) is 0 Å². The average molecular weight is 239 g/mol. The van der Waals surface area contributed by atoms with Crippen LogP contribution in [0.2, 0.25) is 0 Å². The zero-order valence-electron chi connectivity index (χ0n) is 9.86. The second-order valence-electron chi connectivity index (χ2n) is 3.53. The third kappa shape index (κ3) is 4.18. The van der Waals surface area contributed by atoms with Crippen LogP contribution in [0.3, 0.4) is 0 Å². The standard InChI is InChI=1S/C11H17N3OS/c1-4-6-12-10(15)9(3)16-11-13-7-5-8(2)14-11/h5,7,9H,4,6H2,1-3H3,(H,12,15). The Kier molecular flexibility index (Phi) is 5.25. The summed E-state index contributed by atoms with van der Waals surface area (Å²) in [4.78, 5) is 20.0. The molecular formula is C11H17N3OS. The Balaban J connectivity index is 2.50. The van der Waals surface area contributed by atoms with Gasteiger partial charge in [0.05, 0.1) is 5.25 Å². The van der Waals surface area contributed by atoms with Crippen molar-refractivity contribution in [3.63, 3.8) is 0 Å². The summed E-state index contributed by atoms with van der Waals surface area (Å²) in [7, 11) is 0. The molecule has 5 heteroatoms. The third-order valence-corrected chi connectivity index (χ3v) is 2.95. The number of hydrogen-bond donors (Lipinski definition) is 1. The summed E-state index contributed by atoms with van der Waals surface area (Å²) in [5, 5.41) is 3.34. The van der Waals surface area contributed by atoms with Crippen LogP contribution in [-0.4, -0.2) is 27.7 Å². The van der Waals surface area contributed by atoms with E-state index in [1.165, 1.54) is 11.8 Å². The van der Waals surface area contributed by atoms with Crippen molar-refractivity contribution in [3.8, 4) is 0 Å². The van der Waals surface area contributed by atoms with E-state index in [4.69, 9.17) is 0 Å². The molecule has 88 valence electrons. The molecule has 0 radical (unpaired) electrons. The van der Waals surface area contributed by atoms with Crippen LogP contribution in [0.4, 0.5) is 0 Å². The Hall–Kier alpha value is -1.10. The molecule has 0 aromatic carbocycles. The largest absolute Gasteiger partial charge is 0.355 e. The molecule has 0 saturated heterocycles. The maximum atomic E-state index is 11.6. The number of amides is 1. The topological polar surface area (TPSA) is 54.9 Å². The SMILES string of the molecule is CCCNC(=O)C(C)Sc1nccc(C)n1. The predicted molar refractivity (Wildman–Crippen MR) is 65.4 cm³/mol. The molecule has 1 amide bonds. The van der Waals surface area contributed by atoms with Gasteiger partial charge in [0.1, 0.15) is 0 Å². The first-order valence-electron chi connectivity index (χ1n) is 5.37. The lowest BCUT2D eigenvalue weighted by Gasteiger charge is -2.10. The summed E-state index contributed by atoms with van der Waals surface area (Å²) in [6.07, 6.45) is 2.66. The third-order valence-electron chi connectivity index (χ3n) is 1.97. The van der Waals surface area contributed by atoms with Crippen molar-refractivity contribution in [3.05, 3.63) is 18.0 Å². The van der Waals surface area contributed by atoms with Gasteiger partial charge in [-0.1, -0.05) is 18.7 Å². The number of rotatable bonds is 5. The zero-order valence-corrected chi connectivity index (χ0v) is 10.7. The summed E-state index contributed by atoms with van der Waals surface area (Å²) in [5.74, 6) is 0.0388. The van der Waals surface area contributed by atoms with Gasteiger partial charge >= 0.3 is 0 Å². The van der Waals surface area contributed by atoms with E-state index in [1.807, 2.05) is 26.8 Å². The highest BCUT2D eigenvalue weighted by Gasteiger charge is 2.14. The smallest absolute Gasteiger partial charge is 0.233 e. The lowest BCUT2D eigenvalue weighted by molar-refractivity contribution is -0.120. The first-order chi connectivity index (χ1) is 7.63. The number of thioether (sulfide) groups is 1. The number of aryl methyl sites for hydroxylation is 1. The number of aromatic nitrogens is 2. The van der Waals surface area contributed by atoms with E-state index in [-0.39, 0.29) is 11.2 Å². The van der Waals surface area contributed by atoms with Gasteiger partial charge in [-0.3, -0.25) is 4.79 Å². The molecule has 0 aliphatic heterocycles. The minimum Gasteiger partial charge on any atom is -0.355 e. The Labute approximate surface area is 100 Å². The van der Waals surface area contributed by atoms with Crippen LogP contribution in [0.15, 0.2) is 17.4 Å². The summed E-state index contributed by atoms with van der Waals surface area (Å²) >= 11 is 1.38. The van der Waals surface area contributed by atoms with Crippen molar-refractivity contribution in [1.82, 2.24) is 15.3 Å². The first-order valence-corrected chi connectivity index (χ1v) is 6.25. The van der Waals surface area contributed by atoms with Gasteiger partial charge in [0.15, 0.2) is 5.16 Å². The van der Waals surface area contributed by atoms with Crippen molar-refractivity contribution in [2.45, 2.75) is 37.6 Å². The summed E-state index contributed by atoms with van der Waals surface area (Å²) in [6, 6.07) is 1.84. The zero-order chi connectivity index (χ0) is 12.0. The van der Waals surface area contributed by atoms with Gasteiger partial charge in [-0.25, -0.2) is 9.97 Å². The van der Waals surface area contributed by atoms with Crippen molar-refractivity contribution in [2.75, 3.05) is 6.54 Å². The number of hydrogen-bond acceptors (Lipinski definition) is 4. The van der Waals surface area contributed by atoms with E-state index in [0.29, 0.717) is 5.16 Å². The van der Waals surface area contributed by atoms with Gasteiger partial charge in [-0.05, 0) is 26.3 Å². The van der Waals surface area contributed by atoms with E-state index >= 15 is 0 Å². The quantitative estimate of drug-likeness (QED) is 0.628. The molecule has 0 aliphatic carbocycles. The molecule has 1 aromatic heterocycles. The van der Waals surface area contributed by atoms with Crippen LogP contribution in [0, 0.1) is 6.92 Å². The fourth-order valence-corrected chi connectivity index (χ4v) is 1.91. The van der Waals surface area contributed by atoms with Crippen LogP contribution >= 0.6 is 11.8 Å². The van der Waals surface area contributed by atoms with Gasteiger partial charge in [0.2, 0.25) is 5.91 Å². The highest BCUT2D eigenvalue weighted by molar-refractivity contribution is 8.00. The number of carbonyl (C=O) groups excluding carboxylic acids is 1. The van der Waals surface area contributed by atoms with Crippen molar-refractivity contribution in [2.24, 2.45) is 0 Å². The molecule has 1 N–H and O–H groups in total. The van der Waals surface area contributed by atoms with Crippen molar-refractivity contribution in [1.29, 1.82) is 0 Å². The molecule has 1 atom stereocenters. The second-order valence-corrected chi connectivity index (χ2v) is 4.84. The summed E-state index contributed by atoms with van der Waals surface area (Å²) < 4.78 is 0. The number of nitrogens with zero attached hydrogens (tertiary/aromatic N) is 2. The number of nitrogens with one attached hydrogen (secondary N) is 1. The van der Waals surface area contributed by atoms with Crippen LogP contribution in [0.1, 0.15) is 26.0 Å². The normalized spacial score (nSPS) is 12.2. The molecule has 1 unspecified atom stereocenters. The van der Waals surface area contributed by atoms with Gasteiger partial charge in [0, 0.05) is 18.4 Å². The molecule has 1 heterocycles. The second kappa shape index (κ2) is 6.48. The molecule has 0 aliphatic rings. The Morgan fingerprint density at radius 3 is 3.00 bits per heavy atom. The van der Waals surface area contributed by atoms with Crippen LogP contribution in [0.25, 0.3) is 0 Å². The minimum atomic E-state index is -0.159. The van der Waals surface area contributed by atoms with E-state index in [0.717, 1.165) is 18.7 Å². The molecular weight excluding hydrogens is 222 g/mol. The van der Waals surface area contributed by atoms with Gasteiger partial charge in [0.25, 0.3) is 0 Å². The van der Waals surface area contributed by atoms with Gasteiger partial charge in [-0.15, -0.1) is 0 Å². The molecule has 0 bridgehead atoms. The van der Waals surface area contributed by atoms with Crippen molar-refractivity contribution < 1.29 is 4.79 Å². The summed E-state index contributed by atoms with van der Waals surface area (Å²) in [5.41, 5.74) is 0.915. The fraction of sp³-hybridized carbons (Fsp3) is 0.545. The highest BCUT2D eigenvalue weighted by Crippen LogP contribution is 2.18. The Morgan fingerprint density at radius 1 is 1.62 bits per heavy atom. The average Bonchev–Trinajstić information content (AvgIpc) is 2.25. The Bertz CT molecular complexity index is 357.